The maximum absolute atomic E-state index is 12.8. The highest BCUT2D eigenvalue weighted by Gasteiger charge is 2.22. The fourth-order valence-corrected chi connectivity index (χ4v) is 4.35. The van der Waals surface area contributed by atoms with E-state index in [4.69, 9.17) is 4.74 Å². The molecule has 7 heteroatoms. The summed E-state index contributed by atoms with van der Waals surface area (Å²) in [5.74, 6) is -0.0809. The van der Waals surface area contributed by atoms with E-state index in [2.05, 4.69) is 4.99 Å². The van der Waals surface area contributed by atoms with Crippen LogP contribution in [0.2, 0.25) is 0 Å². The molecule has 4 rings (SSSR count). The van der Waals surface area contributed by atoms with E-state index in [1.165, 1.54) is 11.3 Å². The van der Waals surface area contributed by atoms with E-state index in [9.17, 15) is 14.7 Å². The molecule has 0 radical (unpaired) electrons. The van der Waals surface area contributed by atoms with Crippen LogP contribution in [-0.4, -0.2) is 21.6 Å². The molecule has 31 heavy (non-hydrogen) atoms. The number of carboxylic acids is 1. The average Bonchev–Trinajstić information content (AvgIpc) is 3.13. The fraction of sp³-hybridized carbons (Fsp3) is 0.125. The maximum atomic E-state index is 12.8. The predicted octanol–water partition coefficient (Wildman–Crippen LogP) is 5.27. The Morgan fingerprint density at radius 1 is 0.968 bits per heavy atom. The lowest BCUT2D eigenvalue weighted by Gasteiger charge is -2.13. The van der Waals surface area contributed by atoms with E-state index in [-0.39, 0.29) is 0 Å². The number of benzene rings is 3. The molecule has 1 N–H and O–H groups in total. The molecule has 0 bridgehead atoms. The summed E-state index contributed by atoms with van der Waals surface area (Å²) in [6.07, 6.45) is 0.378. The second-order valence-electron chi connectivity index (χ2n) is 6.84. The molecule has 1 atom stereocenters. The summed E-state index contributed by atoms with van der Waals surface area (Å²) in [6.45, 7) is 1.80. The van der Waals surface area contributed by atoms with Gasteiger partial charge in [-0.2, -0.15) is 4.99 Å². The maximum Gasteiger partial charge on any atom is 0.326 e. The van der Waals surface area contributed by atoms with Crippen LogP contribution in [0.3, 0.4) is 0 Å². The number of carbonyl (C=O) groups excluding carboxylic acids is 1. The molecular weight excluding hydrogens is 412 g/mol. The monoisotopic (exact) mass is 432 g/mol. The number of amides is 1. The van der Waals surface area contributed by atoms with Crippen molar-refractivity contribution >= 4 is 33.4 Å². The van der Waals surface area contributed by atoms with Gasteiger partial charge < -0.3 is 14.4 Å². The molecule has 0 aliphatic carbocycles. The number of nitrogens with zero attached hydrogens (tertiary/aromatic N) is 2. The number of thiazole rings is 1. The van der Waals surface area contributed by atoms with Gasteiger partial charge in [0.25, 0.3) is 5.91 Å². The Morgan fingerprint density at radius 3 is 2.29 bits per heavy atom. The number of carboxylic acid groups (broad SMARTS) is 1. The molecular formula is C24H20N2O4S. The van der Waals surface area contributed by atoms with Crippen LogP contribution in [0.15, 0.2) is 83.9 Å². The van der Waals surface area contributed by atoms with E-state index >= 15 is 0 Å². The van der Waals surface area contributed by atoms with Gasteiger partial charge in [0.2, 0.25) is 0 Å². The van der Waals surface area contributed by atoms with Crippen LogP contribution in [-0.2, 0) is 4.79 Å². The van der Waals surface area contributed by atoms with Gasteiger partial charge in [0.1, 0.15) is 17.5 Å². The summed E-state index contributed by atoms with van der Waals surface area (Å²) in [6, 6.07) is 22.7. The van der Waals surface area contributed by atoms with Crippen LogP contribution in [0.5, 0.6) is 11.5 Å². The van der Waals surface area contributed by atoms with Crippen molar-refractivity contribution in [2.75, 3.05) is 0 Å². The Balaban J connectivity index is 1.68. The number of ether oxygens (including phenoxy) is 1. The lowest BCUT2D eigenvalue weighted by molar-refractivity contribution is -0.140. The molecule has 0 spiro atoms. The first-order valence-corrected chi connectivity index (χ1v) is 10.6. The predicted molar refractivity (Wildman–Crippen MR) is 120 cm³/mol. The molecule has 0 fully saturated rings. The van der Waals surface area contributed by atoms with E-state index < -0.39 is 17.9 Å². The van der Waals surface area contributed by atoms with E-state index in [0.29, 0.717) is 28.3 Å². The van der Waals surface area contributed by atoms with Crippen molar-refractivity contribution in [3.8, 4) is 11.5 Å². The highest BCUT2D eigenvalue weighted by atomic mass is 32.1. The molecule has 156 valence electrons. The number of rotatable bonds is 6. The van der Waals surface area contributed by atoms with Gasteiger partial charge in [-0.3, -0.25) is 4.79 Å². The Kier molecular flexibility index (Phi) is 5.95. The number of carbonyl (C=O) groups is 2. The molecule has 1 aromatic heterocycles. The Hall–Kier alpha value is -3.71. The van der Waals surface area contributed by atoms with Gasteiger partial charge in [-0.25, -0.2) is 4.79 Å². The second-order valence-corrected chi connectivity index (χ2v) is 7.85. The first-order chi connectivity index (χ1) is 15.1. The summed E-state index contributed by atoms with van der Waals surface area (Å²) >= 11 is 1.30. The summed E-state index contributed by atoms with van der Waals surface area (Å²) in [4.78, 5) is 29.3. The average molecular weight is 433 g/mol. The van der Waals surface area contributed by atoms with E-state index in [0.717, 1.165) is 10.2 Å². The topological polar surface area (TPSA) is 80.9 Å². The van der Waals surface area contributed by atoms with Crippen molar-refractivity contribution in [1.29, 1.82) is 0 Å². The Bertz CT molecular complexity index is 1290. The quantitative estimate of drug-likeness (QED) is 0.450. The molecule has 1 unspecified atom stereocenters. The summed E-state index contributed by atoms with van der Waals surface area (Å²) in [7, 11) is 0. The summed E-state index contributed by atoms with van der Waals surface area (Å²) in [5, 5.41) is 9.68. The van der Waals surface area contributed by atoms with Gasteiger partial charge in [-0.15, -0.1) is 0 Å². The van der Waals surface area contributed by atoms with Gasteiger partial charge in [-0.05, 0) is 55.0 Å². The zero-order valence-corrected chi connectivity index (χ0v) is 17.6. The van der Waals surface area contributed by atoms with E-state index in [1.54, 1.807) is 35.8 Å². The third kappa shape index (κ3) is 4.41. The number of aliphatic carboxylic acids is 1. The second kappa shape index (κ2) is 8.97. The molecule has 3 aromatic carbocycles. The first-order valence-electron chi connectivity index (χ1n) is 9.81. The van der Waals surface area contributed by atoms with Crippen molar-refractivity contribution in [1.82, 2.24) is 4.57 Å². The van der Waals surface area contributed by atoms with Crippen LogP contribution in [0.4, 0.5) is 0 Å². The van der Waals surface area contributed by atoms with Crippen molar-refractivity contribution < 1.29 is 19.4 Å². The van der Waals surface area contributed by atoms with Gasteiger partial charge >= 0.3 is 5.97 Å². The highest BCUT2D eigenvalue weighted by molar-refractivity contribution is 7.16. The van der Waals surface area contributed by atoms with Crippen molar-refractivity contribution in [3.63, 3.8) is 0 Å². The molecule has 0 aliphatic rings. The lowest BCUT2D eigenvalue weighted by Crippen LogP contribution is -2.27. The first kappa shape index (κ1) is 20.6. The van der Waals surface area contributed by atoms with Gasteiger partial charge in [0.05, 0.1) is 10.2 Å². The van der Waals surface area contributed by atoms with Gasteiger partial charge in [-0.1, -0.05) is 48.6 Å². The zero-order chi connectivity index (χ0) is 21.8. The molecule has 4 aromatic rings. The molecule has 1 heterocycles. The molecule has 0 saturated carbocycles. The van der Waals surface area contributed by atoms with Crippen molar-refractivity contribution in [2.45, 2.75) is 19.4 Å². The Labute approximate surface area is 182 Å². The summed E-state index contributed by atoms with van der Waals surface area (Å²) in [5.41, 5.74) is 1.15. The number of hydrogen-bond acceptors (Lipinski definition) is 4. The number of aromatic nitrogens is 1. The number of para-hydroxylation sites is 2. The minimum Gasteiger partial charge on any atom is -0.480 e. The minimum atomic E-state index is -0.956. The summed E-state index contributed by atoms with van der Waals surface area (Å²) < 4.78 is 8.26. The van der Waals surface area contributed by atoms with Crippen molar-refractivity contribution in [3.05, 3.63) is 89.2 Å². The highest BCUT2D eigenvalue weighted by Crippen LogP contribution is 2.23. The fourth-order valence-electron chi connectivity index (χ4n) is 3.28. The SMILES string of the molecule is CCC(C(=O)O)n1c(=NC(=O)c2ccc(Oc3ccccc3)cc2)sc2ccccc21. The standard InChI is InChI=1S/C24H20N2O4S/c1-2-19(23(28)29)26-20-10-6-7-11-21(20)31-24(26)25-22(27)16-12-14-18(15-13-16)30-17-8-4-3-5-9-17/h3-15,19H,2H2,1H3,(H,28,29). The van der Waals surface area contributed by atoms with Crippen LogP contribution >= 0.6 is 11.3 Å². The molecule has 0 saturated heterocycles. The zero-order valence-electron chi connectivity index (χ0n) is 16.8. The van der Waals surface area contributed by atoms with Gasteiger partial charge in [0.15, 0.2) is 4.80 Å². The van der Waals surface area contributed by atoms with Crippen LogP contribution in [0.1, 0.15) is 29.7 Å². The minimum absolute atomic E-state index is 0.366. The normalized spacial score (nSPS) is 12.6. The lowest BCUT2D eigenvalue weighted by atomic mass is 10.2. The number of fused-ring (bicyclic) bond motifs is 1. The molecule has 6 nitrogen and oxygen atoms in total. The van der Waals surface area contributed by atoms with Crippen LogP contribution in [0, 0.1) is 0 Å². The Morgan fingerprint density at radius 2 is 1.61 bits per heavy atom. The van der Waals surface area contributed by atoms with Gasteiger partial charge in [0, 0.05) is 5.56 Å². The smallest absolute Gasteiger partial charge is 0.326 e. The van der Waals surface area contributed by atoms with Crippen LogP contribution in [0.25, 0.3) is 10.2 Å². The molecule has 0 aliphatic heterocycles. The van der Waals surface area contributed by atoms with E-state index in [1.807, 2.05) is 54.6 Å². The third-order valence-corrected chi connectivity index (χ3v) is 5.83. The largest absolute Gasteiger partial charge is 0.480 e. The van der Waals surface area contributed by atoms with Crippen molar-refractivity contribution in [2.24, 2.45) is 4.99 Å². The molecule has 1 amide bonds. The number of hydrogen-bond donors (Lipinski definition) is 1. The van der Waals surface area contributed by atoms with Crippen LogP contribution < -0.4 is 9.54 Å². The third-order valence-electron chi connectivity index (χ3n) is 4.79.